The van der Waals surface area contributed by atoms with Gasteiger partial charge in [-0.1, -0.05) is 13.0 Å². The molecular weight excluding hydrogens is 228 g/mol. The summed E-state index contributed by atoms with van der Waals surface area (Å²) >= 11 is 5.42. The normalized spacial score (nSPS) is 12.0. The van der Waals surface area contributed by atoms with Crippen molar-refractivity contribution in [2.45, 2.75) is 13.3 Å². The molecule has 1 atom stereocenters. The summed E-state index contributed by atoms with van der Waals surface area (Å²) in [5, 5.41) is -0.324. The predicted molar refractivity (Wildman–Crippen MR) is 63.3 cm³/mol. The molecule has 4 heteroatoms. The summed E-state index contributed by atoms with van der Waals surface area (Å²) in [5.41, 5.74) is 0.999. The highest BCUT2D eigenvalue weighted by molar-refractivity contribution is 6.63. The van der Waals surface area contributed by atoms with Crippen LogP contribution in [0, 0.1) is 5.92 Å². The third-order valence-corrected chi connectivity index (χ3v) is 2.75. The van der Waals surface area contributed by atoms with E-state index in [0.29, 0.717) is 17.9 Å². The summed E-state index contributed by atoms with van der Waals surface area (Å²) in [6.07, 6.45) is 0.600. The van der Waals surface area contributed by atoms with Gasteiger partial charge in [-0.3, -0.25) is 4.79 Å². The Bertz CT molecular complexity index is 377. The molecule has 88 valence electrons. The fourth-order valence-corrected chi connectivity index (χ4v) is 1.52. The van der Waals surface area contributed by atoms with Crippen molar-refractivity contribution in [2.24, 2.45) is 5.92 Å². The fourth-order valence-electron chi connectivity index (χ4n) is 1.44. The second-order valence-electron chi connectivity index (χ2n) is 3.60. The van der Waals surface area contributed by atoms with Gasteiger partial charge < -0.3 is 9.47 Å². The quantitative estimate of drug-likeness (QED) is 0.745. The van der Waals surface area contributed by atoms with Gasteiger partial charge in [0.15, 0.2) is 11.5 Å². The van der Waals surface area contributed by atoms with Crippen LogP contribution in [0.25, 0.3) is 0 Å². The summed E-state index contributed by atoms with van der Waals surface area (Å²) in [5.74, 6) is 1.14. The summed E-state index contributed by atoms with van der Waals surface area (Å²) < 4.78 is 10.3. The van der Waals surface area contributed by atoms with Crippen LogP contribution in [0.2, 0.25) is 0 Å². The topological polar surface area (TPSA) is 35.5 Å². The molecule has 0 heterocycles. The number of carbonyl (C=O) groups excluding carboxylic acids is 1. The third kappa shape index (κ3) is 3.14. The van der Waals surface area contributed by atoms with Gasteiger partial charge in [0.25, 0.3) is 0 Å². The molecule has 0 amide bonds. The zero-order valence-electron chi connectivity index (χ0n) is 9.62. The second kappa shape index (κ2) is 5.75. The van der Waals surface area contributed by atoms with Crippen LogP contribution in [0.4, 0.5) is 0 Å². The van der Waals surface area contributed by atoms with Crippen molar-refractivity contribution < 1.29 is 14.3 Å². The van der Waals surface area contributed by atoms with Crippen LogP contribution in [0.3, 0.4) is 0 Å². The lowest BCUT2D eigenvalue weighted by Crippen LogP contribution is -2.07. The number of hydrogen-bond acceptors (Lipinski definition) is 3. The molecule has 0 fully saturated rings. The molecule has 3 nitrogen and oxygen atoms in total. The summed E-state index contributed by atoms with van der Waals surface area (Å²) in [6, 6.07) is 5.58. The zero-order chi connectivity index (χ0) is 12.1. The Balaban J connectivity index is 2.86. The molecule has 1 unspecified atom stereocenters. The molecule has 16 heavy (non-hydrogen) atoms. The van der Waals surface area contributed by atoms with Gasteiger partial charge in [0.2, 0.25) is 5.24 Å². The molecule has 1 aromatic rings. The summed E-state index contributed by atoms with van der Waals surface area (Å²) in [7, 11) is 3.17. The van der Waals surface area contributed by atoms with Gasteiger partial charge in [-0.15, -0.1) is 0 Å². The molecule has 0 aliphatic carbocycles. The van der Waals surface area contributed by atoms with E-state index in [0.717, 1.165) is 5.56 Å². The van der Waals surface area contributed by atoms with Crippen molar-refractivity contribution >= 4 is 16.8 Å². The Hall–Kier alpha value is -1.22. The third-order valence-electron chi connectivity index (χ3n) is 2.38. The highest BCUT2D eigenvalue weighted by atomic mass is 35.5. The Labute approximate surface area is 100 Å². The minimum atomic E-state index is -0.324. The summed E-state index contributed by atoms with van der Waals surface area (Å²) in [6.45, 7) is 1.80. The lowest BCUT2D eigenvalue weighted by atomic mass is 10.0. The lowest BCUT2D eigenvalue weighted by molar-refractivity contribution is -0.114. The van der Waals surface area contributed by atoms with Crippen LogP contribution >= 0.6 is 11.6 Å². The smallest absolute Gasteiger partial charge is 0.224 e. The number of hydrogen-bond donors (Lipinski definition) is 0. The predicted octanol–water partition coefficient (Wildman–Crippen LogP) is 2.65. The standard InChI is InChI=1S/C12H15ClO3/c1-8(12(13)14)6-9-4-5-10(15-2)11(7-9)16-3/h4-5,7-8H,6H2,1-3H3. The first kappa shape index (κ1) is 12.8. The minimum absolute atomic E-state index is 0.195. The van der Waals surface area contributed by atoms with Crippen molar-refractivity contribution in [3.8, 4) is 11.5 Å². The van der Waals surface area contributed by atoms with Crippen molar-refractivity contribution in [3.63, 3.8) is 0 Å². The van der Waals surface area contributed by atoms with Crippen LogP contribution in [-0.4, -0.2) is 19.5 Å². The van der Waals surface area contributed by atoms with E-state index in [1.54, 1.807) is 21.1 Å². The molecule has 1 rings (SSSR count). The van der Waals surface area contributed by atoms with E-state index in [-0.39, 0.29) is 11.2 Å². The maximum atomic E-state index is 10.9. The van der Waals surface area contributed by atoms with E-state index in [2.05, 4.69) is 0 Å². The number of halogens is 1. The molecular formula is C12H15ClO3. The number of ether oxygens (including phenoxy) is 2. The van der Waals surface area contributed by atoms with Crippen molar-refractivity contribution in [2.75, 3.05) is 14.2 Å². The second-order valence-corrected chi connectivity index (χ2v) is 3.97. The Morgan fingerprint density at radius 3 is 2.44 bits per heavy atom. The molecule has 0 radical (unpaired) electrons. The van der Waals surface area contributed by atoms with E-state index in [1.165, 1.54) is 0 Å². The Kier molecular flexibility index (Phi) is 4.62. The van der Waals surface area contributed by atoms with Crippen LogP contribution in [-0.2, 0) is 11.2 Å². The molecule has 0 aliphatic rings. The largest absolute Gasteiger partial charge is 0.493 e. The van der Waals surface area contributed by atoms with Gasteiger partial charge in [-0.2, -0.15) is 0 Å². The highest BCUT2D eigenvalue weighted by Gasteiger charge is 2.12. The maximum Gasteiger partial charge on any atom is 0.224 e. The molecule has 0 aliphatic heterocycles. The molecule has 0 saturated carbocycles. The maximum absolute atomic E-state index is 10.9. The van der Waals surface area contributed by atoms with Gasteiger partial charge in [0.1, 0.15) is 0 Å². The SMILES string of the molecule is COc1ccc(CC(C)C(=O)Cl)cc1OC. The van der Waals surface area contributed by atoms with E-state index in [9.17, 15) is 4.79 Å². The van der Waals surface area contributed by atoms with Crippen LogP contribution in [0.5, 0.6) is 11.5 Å². The molecule has 1 aromatic carbocycles. The van der Waals surface area contributed by atoms with E-state index in [1.807, 2.05) is 18.2 Å². The molecule has 0 bridgehead atoms. The summed E-state index contributed by atoms with van der Waals surface area (Å²) in [4.78, 5) is 10.9. The first-order chi connectivity index (χ1) is 7.58. The number of methoxy groups -OCH3 is 2. The van der Waals surface area contributed by atoms with Gasteiger partial charge in [-0.05, 0) is 35.7 Å². The van der Waals surface area contributed by atoms with Crippen LogP contribution < -0.4 is 9.47 Å². The minimum Gasteiger partial charge on any atom is -0.493 e. The number of carbonyl (C=O) groups is 1. The molecule has 0 N–H and O–H groups in total. The van der Waals surface area contributed by atoms with Crippen molar-refractivity contribution in [1.82, 2.24) is 0 Å². The molecule has 0 spiro atoms. The Morgan fingerprint density at radius 1 is 1.31 bits per heavy atom. The van der Waals surface area contributed by atoms with Gasteiger partial charge in [0, 0.05) is 5.92 Å². The van der Waals surface area contributed by atoms with Crippen molar-refractivity contribution in [1.29, 1.82) is 0 Å². The highest BCUT2D eigenvalue weighted by Crippen LogP contribution is 2.28. The Morgan fingerprint density at radius 2 is 1.94 bits per heavy atom. The van der Waals surface area contributed by atoms with Crippen LogP contribution in [0.1, 0.15) is 12.5 Å². The fraction of sp³-hybridized carbons (Fsp3) is 0.417. The zero-order valence-corrected chi connectivity index (χ0v) is 10.4. The first-order valence-corrected chi connectivity index (χ1v) is 5.36. The van der Waals surface area contributed by atoms with Gasteiger partial charge in [0.05, 0.1) is 14.2 Å². The van der Waals surface area contributed by atoms with E-state index in [4.69, 9.17) is 21.1 Å². The van der Waals surface area contributed by atoms with E-state index < -0.39 is 0 Å². The average molecular weight is 243 g/mol. The molecule has 0 saturated heterocycles. The van der Waals surface area contributed by atoms with Crippen molar-refractivity contribution in [3.05, 3.63) is 23.8 Å². The van der Waals surface area contributed by atoms with Gasteiger partial charge in [-0.25, -0.2) is 0 Å². The van der Waals surface area contributed by atoms with Gasteiger partial charge >= 0.3 is 0 Å². The van der Waals surface area contributed by atoms with Crippen LogP contribution in [0.15, 0.2) is 18.2 Å². The lowest BCUT2D eigenvalue weighted by Gasteiger charge is -2.11. The monoisotopic (exact) mass is 242 g/mol. The van der Waals surface area contributed by atoms with E-state index >= 15 is 0 Å². The number of benzene rings is 1. The number of rotatable bonds is 5. The average Bonchev–Trinajstić information content (AvgIpc) is 2.28. The first-order valence-electron chi connectivity index (χ1n) is 4.98. The molecule has 0 aromatic heterocycles.